The fourth-order valence-corrected chi connectivity index (χ4v) is 2.73. The third-order valence-corrected chi connectivity index (χ3v) is 4.08. The molecule has 1 aromatic heterocycles. The lowest BCUT2D eigenvalue weighted by Crippen LogP contribution is -2.10. The first-order chi connectivity index (χ1) is 9.52. The molecule has 6 heteroatoms. The zero-order chi connectivity index (χ0) is 14.6. The van der Waals surface area contributed by atoms with Crippen LogP contribution in [0.3, 0.4) is 0 Å². The minimum Gasteiger partial charge on any atom is -0.365 e. The van der Waals surface area contributed by atoms with Gasteiger partial charge in [-0.1, -0.05) is 24.3 Å². The third-order valence-electron chi connectivity index (χ3n) is 2.95. The molecule has 0 fully saturated rings. The van der Waals surface area contributed by atoms with E-state index in [-0.39, 0.29) is 4.90 Å². The number of benzene rings is 1. The minimum absolute atomic E-state index is 0.199. The highest BCUT2D eigenvalue weighted by molar-refractivity contribution is 7.90. The van der Waals surface area contributed by atoms with E-state index in [2.05, 4.69) is 10.3 Å². The van der Waals surface area contributed by atoms with Gasteiger partial charge in [-0.15, -0.1) is 0 Å². The highest BCUT2D eigenvalue weighted by Crippen LogP contribution is 2.19. The second-order valence-electron chi connectivity index (χ2n) is 4.45. The maximum atomic E-state index is 11.7. The van der Waals surface area contributed by atoms with Gasteiger partial charge in [0.1, 0.15) is 10.7 Å². The van der Waals surface area contributed by atoms with E-state index in [0.717, 1.165) is 11.1 Å². The molecule has 2 aromatic rings. The lowest BCUT2D eigenvalue weighted by atomic mass is 10.1. The van der Waals surface area contributed by atoms with Gasteiger partial charge in [-0.05, 0) is 23.3 Å². The molecule has 0 saturated carbocycles. The van der Waals surface area contributed by atoms with Gasteiger partial charge in [-0.25, -0.2) is 13.4 Å². The molecule has 3 N–H and O–H groups in total. The van der Waals surface area contributed by atoms with Crippen molar-refractivity contribution in [3.05, 3.63) is 53.7 Å². The minimum atomic E-state index is -3.30. The monoisotopic (exact) mass is 291 g/mol. The molecule has 0 atom stereocenters. The van der Waals surface area contributed by atoms with Gasteiger partial charge < -0.3 is 11.1 Å². The number of nitrogens with two attached hydrogens (primary N) is 1. The van der Waals surface area contributed by atoms with Crippen molar-refractivity contribution in [3.8, 4) is 0 Å². The smallest absolute Gasteiger partial charge is 0.179 e. The van der Waals surface area contributed by atoms with E-state index in [1.165, 1.54) is 6.26 Å². The lowest BCUT2D eigenvalue weighted by molar-refractivity contribution is 0.601. The Morgan fingerprint density at radius 3 is 2.50 bits per heavy atom. The molecule has 0 aliphatic heterocycles. The third kappa shape index (κ3) is 3.34. The van der Waals surface area contributed by atoms with Crippen LogP contribution in [0.4, 0.5) is 5.82 Å². The van der Waals surface area contributed by atoms with E-state index in [1.807, 2.05) is 24.3 Å². The standard InChI is InChI=1S/C14H17N3O2S/c1-20(18,19)13-7-4-8-16-14(13)17-10-12-6-3-2-5-11(12)9-15/h2-8H,9-10,15H2,1H3,(H,16,17). The number of nitrogens with one attached hydrogen (secondary N) is 1. The number of nitrogens with zero attached hydrogens (tertiary/aromatic N) is 1. The molecule has 0 aliphatic rings. The Labute approximate surface area is 118 Å². The summed E-state index contributed by atoms with van der Waals surface area (Å²) in [5.41, 5.74) is 7.73. The van der Waals surface area contributed by atoms with Crippen molar-refractivity contribution in [2.24, 2.45) is 5.73 Å². The SMILES string of the molecule is CS(=O)(=O)c1cccnc1NCc1ccccc1CN. The second-order valence-corrected chi connectivity index (χ2v) is 6.43. The van der Waals surface area contributed by atoms with Crippen molar-refractivity contribution >= 4 is 15.7 Å². The predicted molar refractivity (Wildman–Crippen MR) is 79.0 cm³/mol. The van der Waals surface area contributed by atoms with Crippen molar-refractivity contribution in [1.82, 2.24) is 4.98 Å². The van der Waals surface area contributed by atoms with E-state index >= 15 is 0 Å². The number of sulfone groups is 1. The molecule has 0 saturated heterocycles. The number of hydrogen-bond acceptors (Lipinski definition) is 5. The maximum Gasteiger partial charge on any atom is 0.179 e. The largest absolute Gasteiger partial charge is 0.365 e. The molecule has 0 amide bonds. The van der Waals surface area contributed by atoms with Gasteiger partial charge in [-0.3, -0.25) is 0 Å². The van der Waals surface area contributed by atoms with E-state index < -0.39 is 9.84 Å². The summed E-state index contributed by atoms with van der Waals surface area (Å²) in [6.07, 6.45) is 2.73. The summed E-state index contributed by atoms with van der Waals surface area (Å²) in [6, 6.07) is 10.9. The quantitative estimate of drug-likeness (QED) is 0.873. The van der Waals surface area contributed by atoms with Gasteiger partial charge >= 0.3 is 0 Å². The summed E-state index contributed by atoms with van der Waals surface area (Å²) in [7, 11) is -3.30. The molecule has 0 unspecified atom stereocenters. The van der Waals surface area contributed by atoms with Gasteiger partial charge in [0, 0.05) is 25.5 Å². The Morgan fingerprint density at radius 2 is 1.85 bits per heavy atom. The molecule has 0 radical (unpaired) electrons. The number of aromatic nitrogens is 1. The van der Waals surface area contributed by atoms with Crippen LogP contribution in [0.5, 0.6) is 0 Å². The number of pyridine rings is 1. The molecule has 1 heterocycles. The normalized spacial score (nSPS) is 11.3. The van der Waals surface area contributed by atoms with E-state index in [9.17, 15) is 8.42 Å². The molecule has 1 aromatic carbocycles. The average molecular weight is 291 g/mol. The number of rotatable bonds is 5. The van der Waals surface area contributed by atoms with Crippen LogP contribution >= 0.6 is 0 Å². The van der Waals surface area contributed by atoms with Crippen LogP contribution in [0.1, 0.15) is 11.1 Å². The zero-order valence-electron chi connectivity index (χ0n) is 11.2. The molecule has 2 rings (SSSR count). The average Bonchev–Trinajstić information content (AvgIpc) is 2.44. The van der Waals surface area contributed by atoms with Crippen LogP contribution in [0.2, 0.25) is 0 Å². The molecule has 106 valence electrons. The predicted octanol–water partition coefficient (Wildman–Crippen LogP) is 1.56. The van der Waals surface area contributed by atoms with E-state index in [4.69, 9.17) is 5.73 Å². The summed E-state index contributed by atoms with van der Waals surface area (Å²) in [5.74, 6) is 0.363. The van der Waals surface area contributed by atoms with Gasteiger partial charge in [0.2, 0.25) is 0 Å². The van der Waals surface area contributed by atoms with Crippen molar-refractivity contribution in [2.75, 3.05) is 11.6 Å². The van der Waals surface area contributed by atoms with E-state index in [0.29, 0.717) is 18.9 Å². The van der Waals surface area contributed by atoms with Crippen LogP contribution < -0.4 is 11.1 Å². The first-order valence-electron chi connectivity index (χ1n) is 6.18. The fourth-order valence-electron chi connectivity index (χ4n) is 1.93. The summed E-state index contributed by atoms with van der Waals surface area (Å²) in [6.45, 7) is 0.923. The highest BCUT2D eigenvalue weighted by Gasteiger charge is 2.13. The van der Waals surface area contributed by atoms with Crippen LogP contribution in [0, 0.1) is 0 Å². The van der Waals surface area contributed by atoms with Crippen molar-refractivity contribution in [1.29, 1.82) is 0 Å². The first kappa shape index (κ1) is 14.5. The summed E-state index contributed by atoms with van der Waals surface area (Å²) in [5, 5.41) is 3.06. The van der Waals surface area contributed by atoms with Gasteiger partial charge in [0.25, 0.3) is 0 Å². The van der Waals surface area contributed by atoms with Crippen LogP contribution in [0.25, 0.3) is 0 Å². The molecule has 20 heavy (non-hydrogen) atoms. The van der Waals surface area contributed by atoms with Crippen molar-refractivity contribution in [3.63, 3.8) is 0 Å². The number of hydrogen-bond donors (Lipinski definition) is 2. The molecular weight excluding hydrogens is 274 g/mol. The number of anilines is 1. The Balaban J connectivity index is 2.24. The summed E-state index contributed by atoms with van der Waals surface area (Å²) >= 11 is 0. The molecule has 0 bridgehead atoms. The van der Waals surface area contributed by atoms with Gasteiger partial charge in [0.15, 0.2) is 9.84 Å². The van der Waals surface area contributed by atoms with Gasteiger partial charge in [-0.2, -0.15) is 0 Å². The van der Waals surface area contributed by atoms with Crippen molar-refractivity contribution < 1.29 is 8.42 Å². The molecular formula is C14H17N3O2S. The Morgan fingerprint density at radius 1 is 1.15 bits per heavy atom. The zero-order valence-corrected chi connectivity index (χ0v) is 12.0. The van der Waals surface area contributed by atoms with Crippen LogP contribution in [-0.2, 0) is 22.9 Å². The topological polar surface area (TPSA) is 85.1 Å². The summed E-state index contributed by atoms with van der Waals surface area (Å²) < 4.78 is 23.4. The second kappa shape index (κ2) is 6.02. The highest BCUT2D eigenvalue weighted by atomic mass is 32.2. The van der Waals surface area contributed by atoms with Crippen LogP contribution in [0.15, 0.2) is 47.5 Å². The first-order valence-corrected chi connectivity index (χ1v) is 8.07. The van der Waals surface area contributed by atoms with E-state index in [1.54, 1.807) is 18.3 Å². The lowest BCUT2D eigenvalue weighted by Gasteiger charge is -2.11. The van der Waals surface area contributed by atoms with Crippen LogP contribution in [-0.4, -0.2) is 19.7 Å². The van der Waals surface area contributed by atoms with Gasteiger partial charge in [0.05, 0.1) is 0 Å². The van der Waals surface area contributed by atoms with Crippen molar-refractivity contribution in [2.45, 2.75) is 18.0 Å². The Bertz CT molecular complexity index is 699. The Hall–Kier alpha value is -1.92. The fraction of sp³-hybridized carbons (Fsp3) is 0.214. The molecule has 5 nitrogen and oxygen atoms in total. The maximum absolute atomic E-state index is 11.7. The summed E-state index contributed by atoms with van der Waals surface area (Å²) in [4.78, 5) is 4.29. The molecule has 0 spiro atoms. The Kier molecular flexibility index (Phi) is 4.36. The molecule has 0 aliphatic carbocycles.